The topological polar surface area (TPSA) is 119 Å². The van der Waals surface area contributed by atoms with Crippen molar-refractivity contribution >= 4 is 21.7 Å². The molecule has 0 saturated heterocycles. The Morgan fingerprint density at radius 1 is 1.47 bits per heavy atom. The molecule has 0 radical (unpaired) electrons. The predicted octanol–water partition coefficient (Wildman–Crippen LogP) is -0.0431. The van der Waals surface area contributed by atoms with Crippen LogP contribution in [0.2, 0.25) is 0 Å². The molecule has 4 N–H and O–H groups in total. The zero-order chi connectivity index (χ0) is 14.5. The van der Waals surface area contributed by atoms with Crippen LogP contribution in [-0.2, 0) is 26.1 Å². The highest BCUT2D eigenvalue weighted by Crippen LogP contribution is 2.19. The number of methoxy groups -OCH3 is 1. The molecule has 1 aromatic carbocycles. The van der Waals surface area contributed by atoms with Crippen molar-refractivity contribution in [3.05, 3.63) is 23.8 Å². The maximum absolute atomic E-state index is 11.6. The second-order valence-electron chi connectivity index (χ2n) is 3.85. The summed E-state index contributed by atoms with van der Waals surface area (Å²) in [7, 11) is -2.43. The third-order valence-corrected chi connectivity index (χ3v) is 3.71. The Morgan fingerprint density at radius 3 is 2.79 bits per heavy atom. The Labute approximate surface area is 111 Å². The van der Waals surface area contributed by atoms with Crippen LogP contribution in [0.3, 0.4) is 0 Å². The van der Waals surface area contributed by atoms with Gasteiger partial charge in [0.1, 0.15) is 5.75 Å². The van der Waals surface area contributed by atoms with E-state index in [9.17, 15) is 18.3 Å². The highest BCUT2D eigenvalue weighted by molar-refractivity contribution is 7.89. The van der Waals surface area contributed by atoms with Crippen molar-refractivity contribution in [2.24, 2.45) is 0 Å². The Hall–Kier alpha value is -1.80. The van der Waals surface area contributed by atoms with Gasteiger partial charge in [-0.05, 0) is 18.2 Å². The van der Waals surface area contributed by atoms with Crippen LogP contribution in [0.4, 0.5) is 5.69 Å². The van der Waals surface area contributed by atoms with E-state index in [1.54, 1.807) is 0 Å². The van der Waals surface area contributed by atoms with E-state index in [1.165, 1.54) is 25.3 Å². The van der Waals surface area contributed by atoms with Crippen LogP contribution in [-0.4, -0.2) is 32.4 Å². The predicted molar refractivity (Wildman–Crippen MR) is 69.8 cm³/mol. The van der Waals surface area contributed by atoms with Crippen LogP contribution in [0.25, 0.3) is 0 Å². The van der Waals surface area contributed by atoms with Crippen LogP contribution in [0.1, 0.15) is 12.0 Å². The molecule has 0 unspecified atom stereocenters. The molecule has 0 bridgehead atoms. The van der Waals surface area contributed by atoms with E-state index in [1.807, 2.05) is 0 Å². The number of nitrogen functional groups attached to an aromatic ring is 1. The fourth-order valence-corrected chi connectivity index (χ4v) is 2.28. The van der Waals surface area contributed by atoms with Crippen molar-refractivity contribution in [2.45, 2.75) is 13.0 Å². The molecule has 0 heterocycles. The number of carbonyl (C=O) groups excluding carboxylic acids is 1. The number of ether oxygens (including phenoxy) is 1. The zero-order valence-electron chi connectivity index (χ0n) is 10.4. The number of aromatic hydroxyl groups is 1. The van der Waals surface area contributed by atoms with Gasteiger partial charge in [-0.25, -0.2) is 13.1 Å². The van der Waals surface area contributed by atoms with Crippen molar-refractivity contribution in [1.82, 2.24) is 4.72 Å². The van der Waals surface area contributed by atoms with Crippen LogP contribution >= 0.6 is 0 Å². The maximum atomic E-state index is 11.6. The van der Waals surface area contributed by atoms with Gasteiger partial charge >= 0.3 is 5.97 Å². The number of hydrogen-bond acceptors (Lipinski definition) is 6. The van der Waals surface area contributed by atoms with E-state index in [2.05, 4.69) is 9.46 Å². The van der Waals surface area contributed by atoms with Crippen molar-refractivity contribution in [2.75, 3.05) is 18.6 Å². The molecule has 0 aliphatic carbocycles. The number of esters is 1. The third-order valence-electron chi connectivity index (χ3n) is 2.39. The van der Waals surface area contributed by atoms with E-state index in [-0.39, 0.29) is 24.5 Å². The van der Waals surface area contributed by atoms with E-state index < -0.39 is 16.0 Å². The van der Waals surface area contributed by atoms with E-state index in [0.717, 1.165) is 0 Å². The summed E-state index contributed by atoms with van der Waals surface area (Å²) < 4.78 is 29.8. The minimum Gasteiger partial charge on any atom is -0.508 e. The number of anilines is 1. The Morgan fingerprint density at radius 2 is 2.16 bits per heavy atom. The van der Waals surface area contributed by atoms with E-state index >= 15 is 0 Å². The number of carbonyl (C=O) groups is 1. The average Bonchev–Trinajstić information content (AvgIpc) is 2.37. The van der Waals surface area contributed by atoms with Gasteiger partial charge < -0.3 is 15.6 Å². The van der Waals surface area contributed by atoms with E-state index in [4.69, 9.17) is 5.73 Å². The van der Waals surface area contributed by atoms with Gasteiger partial charge in [0, 0.05) is 17.8 Å². The molecule has 7 nitrogen and oxygen atoms in total. The Balaban J connectivity index is 2.60. The van der Waals surface area contributed by atoms with E-state index in [0.29, 0.717) is 11.3 Å². The molecule has 0 atom stereocenters. The minimum absolute atomic E-state index is 0.0510. The second-order valence-corrected chi connectivity index (χ2v) is 5.78. The van der Waals surface area contributed by atoms with Crippen molar-refractivity contribution in [3.8, 4) is 5.75 Å². The summed E-state index contributed by atoms with van der Waals surface area (Å²) in [5, 5.41) is 9.52. The number of sulfonamides is 1. The fraction of sp³-hybridized carbons (Fsp3) is 0.364. The molecule has 0 aliphatic rings. The molecule has 106 valence electrons. The monoisotopic (exact) mass is 288 g/mol. The van der Waals surface area contributed by atoms with Crippen LogP contribution in [0.5, 0.6) is 5.75 Å². The standard InChI is InChI=1S/C11H16N2O5S/c1-18-11(15)4-5-19(16,17)13-7-8-6-9(12)2-3-10(8)14/h2-3,6,13-14H,4-5,7,12H2,1H3. The molecule has 19 heavy (non-hydrogen) atoms. The SMILES string of the molecule is COC(=O)CCS(=O)(=O)NCc1cc(N)ccc1O. The third kappa shape index (κ3) is 5.14. The van der Waals surface area contributed by atoms with Crippen LogP contribution in [0.15, 0.2) is 18.2 Å². The first-order valence-electron chi connectivity index (χ1n) is 5.45. The molecule has 0 aromatic heterocycles. The number of nitrogens with one attached hydrogen (secondary N) is 1. The number of benzene rings is 1. The number of rotatable bonds is 6. The summed E-state index contributed by atoms with van der Waals surface area (Å²) in [6.07, 6.45) is -0.227. The number of phenolic OH excluding ortho intramolecular Hbond substituents is 1. The lowest BCUT2D eigenvalue weighted by atomic mass is 10.2. The fourth-order valence-electron chi connectivity index (χ4n) is 1.33. The summed E-state index contributed by atoms with van der Waals surface area (Å²) in [4.78, 5) is 10.9. The molecule has 8 heteroatoms. The van der Waals surface area contributed by atoms with Gasteiger partial charge in [-0.2, -0.15) is 0 Å². The first kappa shape index (κ1) is 15.3. The van der Waals surface area contributed by atoms with Gasteiger partial charge in [0.05, 0.1) is 19.3 Å². The number of nitrogens with two attached hydrogens (primary N) is 1. The minimum atomic E-state index is -3.62. The lowest BCUT2D eigenvalue weighted by molar-refractivity contribution is -0.140. The molecule has 0 aliphatic heterocycles. The van der Waals surface area contributed by atoms with Gasteiger partial charge in [-0.3, -0.25) is 4.79 Å². The molecule has 1 aromatic rings. The highest BCUT2D eigenvalue weighted by atomic mass is 32.2. The van der Waals surface area contributed by atoms with Crippen LogP contribution in [0, 0.1) is 0 Å². The lowest BCUT2D eigenvalue weighted by Gasteiger charge is -2.08. The molecular weight excluding hydrogens is 272 g/mol. The molecule has 0 saturated carbocycles. The first-order valence-corrected chi connectivity index (χ1v) is 7.11. The van der Waals surface area contributed by atoms with Gasteiger partial charge in [0.2, 0.25) is 10.0 Å². The Bertz CT molecular complexity index is 556. The van der Waals surface area contributed by atoms with Gasteiger partial charge in [0.15, 0.2) is 0 Å². The smallest absolute Gasteiger partial charge is 0.306 e. The number of hydrogen-bond donors (Lipinski definition) is 3. The lowest BCUT2D eigenvalue weighted by Crippen LogP contribution is -2.27. The quantitative estimate of drug-likeness (QED) is 0.384. The normalized spacial score (nSPS) is 11.2. The largest absolute Gasteiger partial charge is 0.508 e. The van der Waals surface area contributed by atoms with Gasteiger partial charge in [-0.1, -0.05) is 0 Å². The van der Waals surface area contributed by atoms with Gasteiger partial charge in [0.25, 0.3) is 0 Å². The molecule has 0 spiro atoms. The summed E-state index contributed by atoms with van der Waals surface area (Å²) in [6.45, 7) is -0.0968. The highest BCUT2D eigenvalue weighted by Gasteiger charge is 2.14. The molecular formula is C11H16N2O5S. The molecule has 0 fully saturated rings. The van der Waals surface area contributed by atoms with Gasteiger partial charge in [-0.15, -0.1) is 0 Å². The summed E-state index contributed by atoms with van der Waals surface area (Å²) >= 11 is 0. The summed E-state index contributed by atoms with van der Waals surface area (Å²) in [6, 6.07) is 4.36. The average molecular weight is 288 g/mol. The first-order chi connectivity index (χ1) is 8.84. The summed E-state index contributed by atoms with van der Waals surface area (Å²) in [5.74, 6) is -1.02. The summed E-state index contributed by atoms with van der Waals surface area (Å²) in [5.41, 5.74) is 6.31. The number of phenols is 1. The molecule has 0 amide bonds. The van der Waals surface area contributed by atoms with Crippen LogP contribution < -0.4 is 10.5 Å². The second kappa shape index (κ2) is 6.39. The Kier molecular flexibility index (Phi) is 5.13. The maximum Gasteiger partial charge on any atom is 0.306 e. The zero-order valence-corrected chi connectivity index (χ0v) is 11.2. The van der Waals surface area contributed by atoms with Crippen molar-refractivity contribution in [3.63, 3.8) is 0 Å². The van der Waals surface area contributed by atoms with Crippen molar-refractivity contribution in [1.29, 1.82) is 0 Å². The van der Waals surface area contributed by atoms with Crippen molar-refractivity contribution < 1.29 is 23.1 Å². The molecule has 1 rings (SSSR count).